The maximum absolute atomic E-state index is 10.4. The van der Waals surface area contributed by atoms with E-state index in [0.717, 1.165) is 33.8 Å². The summed E-state index contributed by atoms with van der Waals surface area (Å²) in [6.07, 6.45) is -0.0224. The van der Waals surface area contributed by atoms with Gasteiger partial charge in [0.1, 0.15) is 5.69 Å². The Hall–Kier alpha value is -2.67. The molecule has 154 valence electrons. The van der Waals surface area contributed by atoms with Crippen LogP contribution in [0, 0.1) is 0 Å². The number of anilines is 1. The van der Waals surface area contributed by atoms with Crippen molar-refractivity contribution in [1.29, 1.82) is 0 Å². The van der Waals surface area contributed by atoms with Gasteiger partial charge in [-0.2, -0.15) is 13.2 Å². The Balaban J connectivity index is 0.000000431. The average molecular weight is 403 g/mol. The van der Waals surface area contributed by atoms with Crippen molar-refractivity contribution < 1.29 is 18.3 Å². The van der Waals surface area contributed by atoms with Crippen LogP contribution in [-0.2, 0) is 0 Å². The summed E-state index contributed by atoms with van der Waals surface area (Å²) in [5.41, 5.74) is 3.43. The van der Waals surface area contributed by atoms with Gasteiger partial charge < -0.3 is 10.4 Å². The van der Waals surface area contributed by atoms with Crippen LogP contribution in [0.1, 0.15) is 37.7 Å². The molecule has 4 nitrogen and oxygen atoms in total. The molecule has 1 aliphatic rings. The number of nitrogens with zero attached hydrogens (tertiary/aromatic N) is 2. The highest BCUT2D eigenvalue weighted by atomic mass is 19.4. The van der Waals surface area contributed by atoms with Gasteiger partial charge in [-0.3, -0.25) is 0 Å². The van der Waals surface area contributed by atoms with Crippen molar-refractivity contribution in [2.45, 2.75) is 38.3 Å². The minimum atomic E-state index is -4.00. The van der Waals surface area contributed by atoms with Gasteiger partial charge in [-0.1, -0.05) is 55.0 Å². The number of nitrogens with one attached hydrogen (secondary N) is 1. The molecule has 3 aromatic rings. The monoisotopic (exact) mass is 403 g/mol. The van der Waals surface area contributed by atoms with Gasteiger partial charge in [-0.25, -0.2) is 0 Å². The number of halogens is 3. The number of aromatic nitrogens is 2. The van der Waals surface area contributed by atoms with E-state index >= 15 is 0 Å². The first-order chi connectivity index (χ1) is 13.9. The molecule has 0 bridgehead atoms. The van der Waals surface area contributed by atoms with Crippen molar-refractivity contribution in [2.75, 3.05) is 18.5 Å². The molecule has 1 aromatic heterocycles. The zero-order chi connectivity index (χ0) is 20.9. The van der Waals surface area contributed by atoms with Crippen molar-refractivity contribution in [2.24, 2.45) is 0 Å². The Bertz CT molecular complexity index is 932. The van der Waals surface area contributed by atoms with E-state index < -0.39 is 6.18 Å². The van der Waals surface area contributed by atoms with E-state index in [1.807, 2.05) is 18.2 Å². The molecular weight excluding hydrogens is 379 g/mol. The first kappa shape index (κ1) is 21.0. The second-order valence-electron chi connectivity index (χ2n) is 7.12. The third kappa shape index (κ3) is 5.67. The lowest BCUT2D eigenvalue weighted by molar-refractivity contribution is -0.110. The molecule has 1 fully saturated rings. The summed E-state index contributed by atoms with van der Waals surface area (Å²) < 4.78 is 31.1. The summed E-state index contributed by atoms with van der Waals surface area (Å²) in [6, 6.07) is 16.9. The molecule has 0 amide bonds. The highest BCUT2D eigenvalue weighted by molar-refractivity contribution is 6.00. The minimum absolute atomic E-state index is 0.0698. The molecule has 0 radical (unpaired) electrons. The maximum atomic E-state index is 10.4. The van der Waals surface area contributed by atoms with Crippen LogP contribution in [0.15, 0.2) is 48.5 Å². The number of hydrogen-bond acceptors (Lipinski definition) is 4. The van der Waals surface area contributed by atoms with E-state index in [2.05, 4.69) is 45.8 Å². The van der Waals surface area contributed by atoms with Gasteiger partial charge >= 0.3 is 6.18 Å². The lowest BCUT2D eigenvalue weighted by Gasteiger charge is -2.25. The SMILES string of the molecule is CC(F)(F)F.OCCNc1nnc(-c2ccc(C3CCC3)cc2)c2ccccc12. The van der Waals surface area contributed by atoms with Crippen LogP contribution in [0.4, 0.5) is 19.0 Å². The van der Waals surface area contributed by atoms with Crippen LogP contribution >= 0.6 is 0 Å². The molecule has 2 N–H and O–H groups in total. The summed E-state index contributed by atoms with van der Waals surface area (Å²) in [6.45, 7) is 0.724. The van der Waals surface area contributed by atoms with E-state index in [4.69, 9.17) is 5.11 Å². The van der Waals surface area contributed by atoms with Crippen molar-refractivity contribution in [3.63, 3.8) is 0 Å². The van der Waals surface area contributed by atoms with Crippen LogP contribution in [0.3, 0.4) is 0 Å². The summed E-state index contributed by atoms with van der Waals surface area (Å²) >= 11 is 0. The number of rotatable bonds is 5. The second kappa shape index (κ2) is 9.22. The Morgan fingerprint density at radius 1 is 1.00 bits per heavy atom. The summed E-state index contributed by atoms with van der Waals surface area (Å²) in [4.78, 5) is 0. The Labute approximate surface area is 167 Å². The number of aliphatic hydroxyl groups is 1. The Morgan fingerprint density at radius 2 is 1.62 bits per heavy atom. The number of hydrogen-bond donors (Lipinski definition) is 2. The standard InChI is InChI=1S/C20H21N3O.C2H3F3/c24-13-12-21-20-18-7-2-1-6-17(18)19(22-23-20)16-10-8-15(9-11-16)14-4-3-5-14;1-2(3,4)5/h1-2,6-11,14,24H,3-5,12-13H2,(H,21,23);1H3. The van der Waals surface area contributed by atoms with Crippen molar-refractivity contribution in [3.05, 3.63) is 54.1 Å². The Kier molecular flexibility index (Phi) is 6.69. The highest BCUT2D eigenvalue weighted by Gasteiger charge is 2.19. The lowest BCUT2D eigenvalue weighted by Crippen LogP contribution is -2.09. The van der Waals surface area contributed by atoms with E-state index in [-0.39, 0.29) is 13.5 Å². The molecule has 0 saturated heterocycles. The molecule has 0 atom stereocenters. The second-order valence-corrected chi connectivity index (χ2v) is 7.12. The smallest absolute Gasteiger partial charge is 0.386 e. The minimum Gasteiger partial charge on any atom is -0.395 e. The zero-order valence-corrected chi connectivity index (χ0v) is 16.2. The topological polar surface area (TPSA) is 58.0 Å². The van der Waals surface area contributed by atoms with Gasteiger partial charge in [0.05, 0.1) is 6.61 Å². The fraction of sp³-hybridized carbons (Fsp3) is 0.364. The van der Waals surface area contributed by atoms with Gasteiger partial charge in [-0.15, -0.1) is 10.2 Å². The van der Waals surface area contributed by atoms with E-state index in [1.54, 1.807) is 0 Å². The van der Waals surface area contributed by atoms with Gasteiger partial charge in [0.15, 0.2) is 5.82 Å². The predicted molar refractivity (Wildman–Crippen MR) is 109 cm³/mol. The number of alkyl halides is 3. The fourth-order valence-electron chi connectivity index (χ4n) is 3.28. The van der Waals surface area contributed by atoms with Crippen molar-refractivity contribution >= 4 is 16.6 Å². The fourth-order valence-corrected chi connectivity index (χ4v) is 3.28. The van der Waals surface area contributed by atoms with E-state index in [1.165, 1.54) is 24.8 Å². The van der Waals surface area contributed by atoms with Gasteiger partial charge in [0, 0.05) is 29.8 Å². The van der Waals surface area contributed by atoms with Crippen LogP contribution in [0.25, 0.3) is 22.0 Å². The molecule has 0 unspecified atom stereocenters. The van der Waals surface area contributed by atoms with Crippen LogP contribution in [0.2, 0.25) is 0 Å². The largest absolute Gasteiger partial charge is 0.395 e. The first-order valence-electron chi connectivity index (χ1n) is 9.64. The average Bonchev–Trinajstić information content (AvgIpc) is 2.64. The molecule has 1 saturated carbocycles. The molecule has 7 heteroatoms. The van der Waals surface area contributed by atoms with E-state index in [0.29, 0.717) is 6.54 Å². The van der Waals surface area contributed by atoms with Gasteiger partial charge in [0.25, 0.3) is 0 Å². The van der Waals surface area contributed by atoms with Crippen molar-refractivity contribution in [1.82, 2.24) is 10.2 Å². The third-order valence-electron chi connectivity index (χ3n) is 4.85. The van der Waals surface area contributed by atoms with Crippen molar-refractivity contribution in [3.8, 4) is 11.3 Å². The summed E-state index contributed by atoms with van der Waals surface area (Å²) in [5.74, 6) is 1.46. The van der Waals surface area contributed by atoms with E-state index in [9.17, 15) is 13.2 Å². The third-order valence-corrected chi connectivity index (χ3v) is 4.85. The molecular formula is C22H24F3N3O. The molecule has 0 spiro atoms. The predicted octanol–water partition coefficient (Wildman–Crippen LogP) is 5.54. The Morgan fingerprint density at radius 3 is 2.17 bits per heavy atom. The quantitative estimate of drug-likeness (QED) is 0.588. The normalized spacial score (nSPS) is 14.1. The summed E-state index contributed by atoms with van der Waals surface area (Å²) in [5, 5.41) is 23.0. The lowest BCUT2D eigenvalue weighted by atomic mass is 9.80. The molecule has 4 rings (SSSR count). The van der Waals surface area contributed by atoms with Gasteiger partial charge in [-0.05, 0) is 24.3 Å². The number of benzene rings is 2. The first-order valence-corrected chi connectivity index (χ1v) is 9.64. The molecule has 0 aliphatic heterocycles. The zero-order valence-electron chi connectivity index (χ0n) is 16.2. The maximum Gasteiger partial charge on any atom is 0.386 e. The van der Waals surface area contributed by atoms with Crippen LogP contribution in [0.5, 0.6) is 0 Å². The molecule has 1 aliphatic carbocycles. The van der Waals surface area contributed by atoms with Gasteiger partial charge in [0.2, 0.25) is 0 Å². The summed E-state index contributed by atoms with van der Waals surface area (Å²) in [7, 11) is 0. The number of fused-ring (bicyclic) bond motifs is 1. The highest BCUT2D eigenvalue weighted by Crippen LogP contribution is 2.37. The van der Waals surface area contributed by atoms with Crippen LogP contribution in [-0.4, -0.2) is 34.6 Å². The molecule has 1 heterocycles. The van der Waals surface area contributed by atoms with Crippen LogP contribution < -0.4 is 5.32 Å². The number of aliphatic hydroxyl groups excluding tert-OH is 1. The molecule has 2 aromatic carbocycles. The molecule has 29 heavy (non-hydrogen) atoms.